The molecule has 0 amide bonds. The van der Waals surface area contributed by atoms with Crippen LogP contribution in [0.25, 0.3) is 18.3 Å². The van der Waals surface area contributed by atoms with Gasteiger partial charge in [0.1, 0.15) is 5.75 Å². The molecule has 0 aliphatic heterocycles. The van der Waals surface area contributed by atoms with Crippen molar-refractivity contribution in [2.75, 3.05) is 7.11 Å². The maximum Gasteiger partial charge on any atom is 0.279 e. The molecule has 0 fully saturated rings. The first kappa shape index (κ1) is 20.8. The number of aromatic amines is 1. The third-order valence-electron chi connectivity index (χ3n) is 4.21. The van der Waals surface area contributed by atoms with Crippen molar-refractivity contribution in [3.63, 3.8) is 0 Å². The van der Waals surface area contributed by atoms with Crippen LogP contribution in [0.2, 0.25) is 0 Å². The number of nitrogens with two attached hydrogens (primary N) is 1. The molecule has 12 heteroatoms. The van der Waals surface area contributed by atoms with Crippen molar-refractivity contribution in [3.05, 3.63) is 73.0 Å². The summed E-state index contributed by atoms with van der Waals surface area (Å²) in [5.74, 6) is -1.12. The van der Waals surface area contributed by atoms with E-state index in [2.05, 4.69) is 11.7 Å². The fraction of sp³-hybridized carbons (Fsp3) is 0.0556. The molecule has 3 rings (SSSR count). The zero-order chi connectivity index (χ0) is 22.2. The molecular formula is C18H15N4O7S-. The van der Waals surface area contributed by atoms with Crippen LogP contribution >= 0.6 is 0 Å². The average molecular weight is 431 g/mol. The first-order valence-electron chi connectivity index (χ1n) is 8.21. The number of nitro groups is 1. The molecule has 2 aromatic carbocycles. The highest BCUT2D eigenvalue weighted by Crippen LogP contribution is 2.34. The van der Waals surface area contributed by atoms with Gasteiger partial charge in [0.2, 0.25) is 10.0 Å². The second-order valence-corrected chi connectivity index (χ2v) is 7.72. The Bertz CT molecular complexity index is 1420. The first-order valence-corrected chi connectivity index (χ1v) is 9.76. The normalized spacial score (nSPS) is 12.1. The molecule has 30 heavy (non-hydrogen) atoms. The van der Waals surface area contributed by atoms with Crippen LogP contribution < -0.4 is 31.1 Å². The van der Waals surface area contributed by atoms with Crippen molar-refractivity contribution in [3.8, 4) is 17.2 Å². The fourth-order valence-corrected chi connectivity index (χ4v) is 3.27. The fourth-order valence-electron chi connectivity index (χ4n) is 2.76. The van der Waals surface area contributed by atoms with Gasteiger partial charge in [0, 0.05) is 11.8 Å². The average Bonchev–Trinajstić information content (AvgIpc) is 2.96. The third kappa shape index (κ3) is 3.81. The number of methoxy groups -OCH3 is 1. The first-order chi connectivity index (χ1) is 14.0. The molecular weight excluding hydrogens is 416 g/mol. The van der Waals surface area contributed by atoms with Crippen molar-refractivity contribution in [1.82, 2.24) is 9.78 Å². The Kier molecular flexibility index (Phi) is 5.20. The predicted octanol–water partition coefficient (Wildman–Crippen LogP) is -0.957. The molecule has 0 saturated heterocycles. The molecule has 1 aromatic heterocycles. The van der Waals surface area contributed by atoms with Crippen molar-refractivity contribution in [1.29, 1.82) is 0 Å². The lowest BCUT2D eigenvalue weighted by molar-refractivity contribution is -0.398. The Morgan fingerprint density at radius 1 is 1.27 bits per heavy atom. The van der Waals surface area contributed by atoms with Gasteiger partial charge in [-0.25, -0.2) is 18.2 Å². The molecule has 0 saturated carbocycles. The Hall–Kier alpha value is -3.90. The highest BCUT2D eigenvalue weighted by molar-refractivity contribution is 7.89. The van der Waals surface area contributed by atoms with Gasteiger partial charge in [-0.2, -0.15) is 0 Å². The summed E-state index contributed by atoms with van der Waals surface area (Å²) in [5, 5.41) is 31.1. The molecule has 0 atom stereocenters. The minimum Gasteiger partial charge on any atom is -0.865 e. The molecule has 0 aliphatic carbocycles. The Morgan fingerprint density at radius 2 is 1.90 bits per heavy atom. The molecule has 0 unspecified atom stereocenters. The number of ether oxygens (including phenoxy) is 1. The Morgan fingerprint density at radius 3 is 2.43 bits per heavy atom. The summed E-state index contributed by atoms with van der Waals surface area (Å²) < 4.78 is 28.7. The second-order valence-electron chi connectivity index (χ2n) is 6.16. The molecule has 0 spiro atoms. The molecule has 3 aromatic rings. The number of hydrogen-bond donors (Lipinski definition) is 2. The summed E-state index contributed by atoms with van der Waals surface area (Å²) in [6.07, 6.45) is 1.32. The zero-order valence-corrected chi connectivity index (χ0v) is 16.3. The van der Waals surface area contributed by atoms with Crippen LogP contribution in [0.15, 0.2) is 46.1 Å². The van der Waals surface area contributed by atoms with Gasteiger partial charge in [-0.05, 0) is 42.0 Å². The topological polar surface area (TPSA) is 173 Å². The van der Waals surface area contributed by atoms with Crippen molar-refractivity contribution >= 4 is 28.4 Å². The number of H-pyrrole nitrogens is 1. The Labute approximate surface area is 169 Å². The van der Waals surface area contributed by atoms with E-state index in [-0.39, 0.29) is 26.8 Å². The molecule has 3 N–H and O–H groups in total. The summed E-state index contributed by atoms with van der Waals surface area (Å²) >= 11 is 0. The van der Waals surface area contributed by atoms with E-state index in [1.807, 2.05) is 0 Å². The van der Waals surface area contributed by atoms with E-state index < -0.39 is 31.9 Å². The van der Waals surface area contributed by atoms with E-state index >= 15 is 0 Å². The van der Waals surface area contributed by atoms with Crippen LogP contribution in [-0.2, 0) is 10.0 Å². The summed E-state index contributed by atoms with van der Waals surface area (Å²) in [5.41, 5.74) is -0.733. The lowest BCUT2D eigenvalue weighted by atomic mass is 10.1. The van der Waals surface area contributed by atoms with Crippen LogP contribution in [0.5, 0.6) is 11.5 Å². The number of sulfonamides is 1. The number of benzene rings is 2. The molecule has 0 bridgehead atoms. The van der Waals surface area contributed by atoms with Gasteiger partial charge in [-0.15, -0.1) is 0 Å². The van der Waals surface area contributed by atoms with Gasteiger partial charge in [0.05, 0.1) is 33.2 Å². The number of rotatable bonds is 5. The minimum absolute atomic E-state index is 0.0838. The highest BCUT2D eigenvalue weighted by Gasteiger charge is 2.14. The highest BCUT2D eigenvalue weighted by atomic mass is 32.2. The van der Waals surface area contributed by atoms with E-state index in [1.54, 1.807) is 0 Å². The van der Waals surface area contributed by atoms with Gasteiger partial charge in [-0.1, -0.05) is 6.58 Å². The number of nitrogens with zero attached hydrogens (tertiary/aromatic N) is 2. The standard InChI is InChI=1S/C18H16N4O7S/c1-10-14(7-11-8-15(22(25)26)17(23)16(9-11)29-2)18(24)21(20-10)12-3-5-13(6-4-12)30(19,27)28/h3-9,20,23H,1H2,2H3,(H2,19,27,28)/p-1/b14-7-. The van der Waals surface area contributed by atoms with Crippen LogP contribution in [-0.4, -0.2) is 30.2 Å². The van der Waals surface area contributed by atoms with Gasteiger partial charge in [-0.3, -0.25) is 20.0 Å². The van der Waals surface area contributed by atoms with Crippen molar-refractivity contribution < 1.29 is 23.2 Å². The van der Waals surface area contributed by atoms with Crippen LogP contribution in [0.4, 0.5) is 5.69 Å². The summed E-state index contributed by atoms with van der Waals surface area (Å²) in [7, 11) is -2.69. The van der Waals surface area contributed by atoms with E-state index in [9.17, 15) is 28.4 Å². The van der Waals surface area contributed by atoms with Crippen LogP contribution in [0.3, 0.4) is 0 Å². The summed E-state index contributed by atoms with van der Waals surface area (Å²) in [4.78, 5) is 23.0. The maximum atomic E-state index is 12.8. The largest absolute Gasteiger partial charge is 0.865 e. The third-order valence-corrected chi connectivity index (χ3v) is 5.14. The van der Waals surface area contributed by atoms with Crippen LogP contribution in [0.1, 0.15) is 5.56 Å². The number of hydrogen-bond acceptors (Lipinski definition) is 7. The van der Waals surface area contributed by atoms with E-state index in [1.165, 1.54) is 43.5 Å². The van der Waals surface area contributed by atoms with E-state index in [4.69, 9.17) is 9.88 Å². The summed E-state index contributed by atoms with van der Waals surface area (Å²) in [6, 6.07) is 7.53. The molecule has 0 radical (unpaired) electrons. The van der Waals surface area contributed by atoms with Crippen LogP contribution in [0, 0.1) is 10.1 Å². The van der Waals surface area contributed by atoms with Crippen molar-refractivity contribution in [2.45, 2.75) is 4.90 Å². The van der Waals surface area contributed by atoms with E-state index in [0.29, 0.717) is 5.69 Å². The lowest BCUT2D eigenvalue weighted by Crippen LogP contribution is -2.34. The second kappa shape index (κ2) is 7.50. The molecule has 156 valence electrons. The van der Waals surface area contributed by atoms with Gasteiger partial charge < -0.3 is 9.84 Å². The SMILES string of the molecule is C=c1[nH]n(-c2ccc(S(N)(=O)=O)cc2)c(=O)/c1=C\c1cc(OC)c([O-])c([N+](=O)[O-])c1. The summed E-state index contributed by atoms with van der Waals surface area (Å²) in [6.45, 7) is 3.75. The number of nitro benzene ring substituents is 1. The zero-order valence-electron chi connectivity index (χ0n) is 15.5. The van der Waals surface area contributed by atoms with Crippen molar-refractivity contribution in [2.24, 2.45) is 5.14 Å². The number of aromatic nitrogens is 2. The minimum atomic E-state index is -3.89. The number of primary sulfonamides is 1. The van der Waals surface area contributed by atoms with E-state index in [0.717, 1.165) is 10.7 Å². The number of nitrogens with one attached hydrogen (secondary N) is 1. The molecule has 11 nitrogen and oxygen atoms in total. The maximum absolute atomic E-state index is 12.8. The molecule has 1 heterocycles. The smallest absolute Gasteiger partial charge is 0.279 e. The molecule has 0 aliphatic rings. The van der Waals surface area contributed by atoms with Gasteiger partial charge in [0.15, 0.2) is 0 Å². The monoisotopic (exact) mass is 431 g/mol. The predicted molar refractivity (Wildman–Crippen MR) is 105 cm³/mol. The van der Waals surface area contributed by atoms with Gasteiger partial charge >= 0.3 is 0 Å². The van der Waals surface area contributed by atoms with Gasteiger partial charge in [0.25, 0.3) is 11.2 Å². The quantitative estimate of drug-likeness (QED) is 0.386. The lowest BCUT2D eigenvalue weighted by Gasteiger charge is -2.13. The Balaban J connectivity index is 2.17.